The summed E-state index contributed by atoms with van der Waals surface area (Å²) in [6.45, 7) is 3.30. The number of hydrogen-bond acceptors (Lipinski definition) is 5. The van der Waals surface area contributed by atoms with Gasteiger partial charge in [-0.05, 0) is 12.8 Å². The van der Waals surface area contributed by atoms with Crippen LogP contribution in [0.1, 0.15) is 17.7 Å². The van der Waals surface area contributed by atoms with Gasteiger partial charge in [0.15, 0.2) is 0 Å². The van der Waals surface area contributed by atoms with Crippen LogP contribution in [0.3, 0.4) is 0 Å². The fourth-order valence-electron chi connectivity index (χ4n) is 1.72. The lowest BCUT2D eigenvalue weighted by atomic mass is 9.91. The summed E-state index contributed by atoms with van der Waals surface area (Å²) in [6.07, 6.45) is 3.79. The van der Waals surface area contributed by atoms with Crippen LogP contribution < -0.4 is 11.1 Å². The van der Waals surface area contributed by atoms with E-state index in [9.17, 15) is 0 Å². The summed E-state index contributed by atoms with van der Waals surface area (Å²) < 4.78 is 5.30. The molecule has 0 atom stereocenters. The van der Waals surface area contributed by atoms with E-state index in [1.807, 2.05) is 11.7 Å². The molecule has 0 saturated carbocycles. The molecule has 0 spiro atoms. The second kappa shape index (κ2) is 5.03. The van der Waals surface area contributed by atoms with Crippen LogP contribution in [0, 0.1) is 0 Å². The van der Waals surface area contributed by atoms with Crippen LogP contribution >= 0.6 is 11.3 Å². The molecular formula is C10H17N3OS. The quantitative estimate of drug-likeness (QED) is 0.796. The molecule has 1 aromatic heterocycles. The molecule has 0 radical (unpaired) electrons. The van der Waals surface area contributed by atoms with Crippen molar-refractivity contribution in [2.24, 2.45) is 5.73 Å². The summed E-state index contributed by atoms with van der Waals surface area (Å²) in [7, 11) is 0. The van der Waals surface area contributed by atoms with Crippen LogP contribution in [0.4, 0.5) is 0 Å². The second-order valence-electron chi connectivity index (χ2n) is 4.05. The van der Waals surface area contributed by atoms with Gasteiger partial charge in [0.05, 0.1) is 5.51 Å². The fourth-order valence-corrected chi connectivity index (χ4v) is 2.28. The van der Waals surface area contributed by atoms with Crippen molar-refractivity contribution >= 4 is 11.3 Å². The number of hydrogen-bond donors (Lipinski definition) is 2. The average Bonchev–Trinajstić information content (AvgIpc) is 2.71. The first-order chi connectivity index (χ1) is 7.29. The second-order valence-corrected chi connectivity index (χ2v) is 5.02. The van der Waals surface area contributed by atoms with Gasteiger partial charge in [0.1, 0.15) is 0 Å². The molecule has 1 fully saturated rings. The zero-order valence-corrected chi connectivity index (χ0v) is 9.55. The zero-order valence-electron chi connectivity index (χ0n) is 8.74. The molecule has 0 bridgehead atoms. The van der Waals surface area contributed by atoms with E-state index in [0.717, 1.165) is 39.1 Å². The molecule has 2 rings (SSSR count). The number of thiazole rings is 1. The van der Waals surface area contributed by atoms with E-state index in [1.165, 1.54) is 4.88 Å². The molecule has 1 saturated heterocycles. The van der Waals surface area contributed by atoms with Crippen LogP contribution in [-0.2, 0) is 11.3 Å². The Morgan fingerprint density at radius 2 is 2.33 bits per heavy atom. The summed E-state index contributed by atoms with van der Waals surface area (Å²) >= 11 is 1.67. The smallest absolute Gasteiger partial charge is 0.0794 e. The Labute approximate surface area is 93.8 Å². The summed E-state index contributed by atoms with van der Waals surface area (Å²) in [5.41, 5.74) is 8.01. The maximum atomic E-state index is 6.24. The summed E-state index contributed by atoms with van der Waals surface area (Å²) in [6, 6.07) is 0. The number of ether oxygens (including phenoxy) is 1. The Morgan fingerprint density at radius 1 is 1.53 bits per heavy atom. The molecule has 3 N–H and O–H groups in total. The van der Waals surface area contributed by atoms with Gasteiger partial charge in [-0.15, -0.1) is 11.3 Å². The Bertz CT molecular complexity index is 283. The van der Waals surface area contributed by atoms with Crippen LogP contribution in [-0.4, -0.2) is 30.3 Å². The minimum atomic E-state index is -0.0804. The van der Waals surface area contributed by atoms with Gasteiger partial charge < -0.3 is 15.8 Å². The zero-order chi connectivity index (χ0) is 10.6. The first-order valence-corrected chi connectivity index (χ1v) is 6.11. The normalized spacial score (nSPS) is 20.3. The van der Waals surface area contributed by atoms with Gasteiger partial charge in [0, 0.05) is 42.9 Å². The van der Waals surface area contributed by atoms with Crippen LogP contribution in [0.15, 0.2) is 11.7 Å². The highest BCUT2D eigenvalue weighted by atomic mass is 32.1. The first kappa shape index (κ1) is 11.0. The minimum Gasteiger partial charge on any atom is -0.381 e. The third kappa shape index (κ3) is 3.24. The maximum absolute atomic E-state index is 6.24. The lowest BCUT2D eigenvalue weighted by molar-refractivity contribution is 0.0531. The third-order valence-corrected chi connectivity index (χ3v) is 3.53. The summed E-state index contributed by atoms with van der Waals surface area (Å²) in [5.74, 6) is 0. The van der Waals surface area contributed by atoms with E-state index >= 15 is 0 Å². The first-order valence-electron chi connectivity index (χ1n) is 5.23. The van der Waals surface area contributed by atoms with Gasteiger partial charge >= 0.3 is 0 Å². The Kier molecular flexibility index (Phi) is 3.69. The molecule has 1 aliphatic heterocycles. The van der Waals surface area contributed by atoms with Gasteiger partial charge in [-0.2, -0.15) is 0 Å². The Morgan fingerprint density at radius 3 is 3.00 bits per heavy atom. The topological polar surface area (TPSA) is 60.2 Å². The standard InChI is InChI=1S/C10H17N3OS/c11-10(1-3-14-4-2-10)7-12-5-9-6-13-8-15-9/h6,8,12H,1-5,7,11H2. The Balaban J connectivity index is 1.72. The Hall–Kier alpha value is -0.490. The number of rotatable bonds is 4. The molecule has 4 nitrogen and oxygen atoms in total. The van der Waals surface area contributed by atoms with E-state index in [2.05, 4.69) is 10.3 Å². The molecule has 0 aromatic carbocycles. The molecule has 0 aliphatic carbocycles. The minimum absolute atomic E-state index is 0.0804. The predicted octanol–water partition coefficient (Wildman–Crippen LogP) is 0.741. The molecule has 0 amide bonds. The van der Waals surface area contributed by atoms with Crippen LogP contribution in [0.5, 0.6) is 0 Å². The SMILES string of the molecule is NC1(CNCc2cncs2)CCOCC1. The van der Waals surface area contributed by atoms with E-state index in [-0.39, 0.29) is 5.54 Å². The van der Waals surface area contributed by atoms with Crippen LogP contribution in [0.25, 0.3) is 0 Å². The van der Waals surface area contributed by atoms with Crippen molar-refractivity contribution in [3.8, 4) is 0 Å². The van der Waals surface area contributed by atoms with Crippen molar-refractivity contribution in [3.63, 3.8) is 0 Å². The predicted molar refractivity (Wildman–Crippen MR) is 60.8 cm³/mol. The summed E-state index contributed by atoms with van der Waals surface area (Å²) in [5, 5.41) is 3.39. The third-order valence-electron chi connectivity index (χ3n) is 2.75. The van der Waals surface area contributed by atoms with Crippen molar-refractivity contribution < 1.29 is 4.74 Å². The molecule has 1 aliphatic rings. The number of nitrogens with one attached hydrogen (secondary N) is 1. The molecule has 5 heteroatoms. The average molecular weight is 227 g/mol. The largest absolute Gasteiger partial charge is 0.381 e. The van der Waals surface area contributed by atoms with E-state index in [4.69, 9.17) is 10.5 Å². The highest BCUT2D eigenvalue weighted by molar-refractivity contribution is 7.09. The number of aromatic nitrogens is 1. The lowest BCUT2D eigenvalue weighted by Crippen LogP contribution is -2.52. The van der Waals surface area contributed by atoms with Crippen molar-refractivity contribution in [2.45, 2.75) is 24.9 Å². The van der Waals surface area contributed by atoms with Gasteiger partial charge in [-0.25, -0.2) is 0 Å². The molecule has 1 aromatic rings. The number of nitrogens with zero attached hydrogens (tertiary/aromatic N) is 1. The van der Waals surface area contributed by atoms with Crippen molar-refractivity contribution in [1.82, 2.24) is 10.3 Å². The number of nitrogens with two attached hydrogens (primary N) is 1. The molecule has 2 heterocycles. The summed E-state index contributed by atoms with van der Waals surface area (Å²) in [4.78, 5) is 5.29. The monoisotopic (exact) mass is 227 g/mol. The van der Waals surface area contributed by atoms with E-state index in [0.29, 0.717) is 0 Å². The van der Waals surface area contributed by atoms with Gasteiger partial charge in [-0.3, -0.25) is 4.98 Å². The van der Waals surface area contributed by atoms with Crippen molar-refractivity contribution in [1.29, 1.82) is 0 Å². The molecular weight excluding hydrogens is 210 g/mol. The van der Waals surface area contributed by atoms with Gasteiger partial charge in [0.2, 0.25) is 0 Å². The van der Waals surface area contributed by atoms with Crippen molar-refractivity contribution in [3.05, 3.63) is 16.6 Å². The highest BCUT2D eigenvalue weighted by Crippen LogP contribution is 2.16. The highest BCUT2D eigenvalue weighted by Gasteiger charge is 2.27. The molecule has 15 heavy (non-hydrogen) atoms. The maximum Gasteiger partial charge on any atom is 0.0794 e. The lowest BCUT2D eigenvalue weighted by Gasteiger charge is -2.33. The van der Waals surface area contributed by atoms with Crippen LogP contribution in [0.2, 0.25) is 0 Å². The van der Waals surface area contributed by atoms with Gasteiger partial charge in [-0.1, -0.05) is 0 Å². The van der Waals surface area contributed by atoms with E-state index < -0.39 is 0 Å². The fraction of sp³-hybridized carbons (Fsp3) is 0.700. The van der Waals surface area contributed by atoms with Crippen molar-refractivity contribution in [2.75, 3.05) is 19.8 Å². The molecule has 0 unspecified atom stereocenters. The molecule has 84 valence electrons. The van der Waals surface area contributed by atoms with Gasteiger partial charge in [0.25, 0.3) is 0 Å². The van der Waals surface area contributed by atoms with E-state index in [1.54, 1.807) is 11.3 Å².